The highest BCUT2D eigenvalue weighted by atomic mass is 16.6. The second kappa shape index (κ2) is 7.80. The molecule has 0 aliphatic carbocycles. The number of nitrogens with zero attached hydrogens (tertiary/aromatic N) is 4. The van der Waals surface area contributed by atoms with Crippen molar-refractivity contribution in [3.63, 3.8) is 0 Å². The molecule has 1 aromatic carbocycles. The SMILES string of the molecule is O=C1C(c2ccc([N+](=O)[O-])cc2)=C(N2CCOCC2)C(=O)N1Cc1ccncc1. The smallest absolute Gasteiger partial charge is 0.278 e. The van der Waals surface area contributed by atoms with Crippen molar-refractivity contribution in [3.8, 4) is 0 Å². The van der Waals surface area contributed by atoms with Crippen LogP contribution in [0.2, 0.25) is 0 Å². The number of pyridine rings is 1. The quantitative estimate of drug-likeness (QED) is 0.431. The Morgan fingerprint density at radius 2 is 1.66 bits per heavy atom. The summed E-state index contributed by atoms with van der Waals surface area (Å²) >= 11 is 0. The Balaban J connectivity index is 1.73. The van der Waals surface area contributed by atoms with E-state index in [1.54, 1.807) is 24.5 Å². The average Bonchev–Trinajstić information content (AvgIpc) is 3.00. The van der Waals surface area contributed by atoms with E-state index in [2.05, 4.69) is 4.98 Å². The molecule has 0 saturated carbocycles. The fraction of sp³-hybridized carbons (Fsp3) is 0.250. The summed E-state index contributed by atoms with van der Waals surface area (Å²) in [7, 11) is 0. The first kappa shape index (κ1) is 18.8. The number of morpholine rings is 1. The lowest BCUT2D eigenvalue weighted by atomic mass is 10.0. The van der Waals surface area contributed by atoms with Crippen molar-refractivity contribution in [2.24, 2.45) is 0 Å². The second-order valence-corrected chi connectivity index (χ2v) is 6.68. The van der Waals surface area contributed by atoms with Gasteiger partial charge in [0.2, 0.25) is 0 Å². The van der Waals surface area contributed by atoms with E-state index < -0.39 is 10.8 Å². The molecule has 9 heteroatoms. The topological polar surface area (TPSA) is 106 Å². The van der Waals surface area contributed by atoms with Crippen LogP contribution in [-0.4, -0.2) is 57.8 Å². The lowest BCUT2D eigenvalue weighted by molar-refractivity contribution is -0.384. The van der Waals surface area contributed by atoms with E-state index in [4.69, 9.17) is 4.74 Å². The summed E-state index contributed by atoms with van der Waals surface area (Å²) in [5.41, 5.74) is 1.77. The summed E-state index contributed by atoms with van der Waals surface area (Å²) < 4.78 is 5.37. The molecule has 29 heavy (non-hydrogen) atoms. The highest BCUT2D eigenvalue weighted by Gasteiger charge is 2.41. The van der Waals surface area contributed by atoms with E-state index >= 15 is 0 Å². The Labute approximate surface area is 166 Å². The molecule has 2 amide bonds. The zero-order chi connectivity index (χ0) is 20.4. The molecule has 0 radical (unpaired) electrons. The number of nitro benzene ring substituents is 1. The summed E-state index contributed by atoms with van der Waals surface area (Å²) in [6.45, 7) is 2.04. The van der Waals surface area contributed by atoms with Crippen LogP contribution in [0, 0.1) is 10.1 Å². The number of nitro groups is 1. The molecule has 0 bridgehead atoms. The van der Waals surface area contributed by atoms with Crippen molar-refractivity contribution in [2.45, 2.75) is 6.54 Å². The Bertz CT molecular complexity index is 982. The predicted molar refractivity (Wildman–Crippen MR) is 102 cm³/mol. The molecular formula is C20H18N4O5. The number of rotatable bonds is 5. The summed E-state index contributed by atoms with van der Waals surface area (Å²) in [5, 5.41) is 11.0. The first-order chi connectivity index (χ1) is 14.1. The molecule has 0 spiro atoms. The van der Waals surface area contributed by atoms with Gasteiger partial charge < -0.3 is 9.64 Å². The van der Waals surface area contributed by atoms with E-state index in [9.17, 15) is 19.7 Å². The first-order valence-electron chi connectivity index (χ1n) is 9.13. The molecular weight excluding hydrogens is 376 g/mol. The third-order valence-electron chi connectivity index (χ3n) is 4.93. The fourth-order valence-corrected chi connectivity index (χ4v) is 3.47. The maximum absolute atomic E-state index is 13.2. The number of hydrogen-bond donors (Lipinski definition) is 0. The number of benzene rings is 1. The van der Waals surface area contributed by atoms with Gasteiger partial charge in [0, 0.05) is 37.6 Å². The largest absolute Gasteiger partial charge is 0.378 e. The number of imide groups is 1. The standard InChI is InChI=1S/C20H18N4O5/c25-19-17(15-1-3-16(4-2-15)24(27)28)18(22-9-11-29-12-10-22)20(26)23(19)13-14-5-7-21-8-6-14/h1-8H,9-13H2. The van der Waals surface area contributed by atoms with Gasteiger partial charge in [0.15, 0.2) is 0 Å². The Morgan fingerprint density at radius 1 is 1.00 bits per heavy atom. The van der Waals surface area contributed by atoms with E-state index in [0.717, 1.165) is 5.56 Å². The van der Waals surface area contributed by atoms with Crippen LogP contribution in [0.25, 0.3) is 5.57 Å². The molecule has 0 unspecified atom stereocenters. The van der Waals surface area contributed by atoms with Gasteiger partial charge in [-0.2, -0.15) is 0 Å². The van der Waals surface area contributed by atoms with Gasteiger partial charge in [-0.25, -0.2) is 0 Å². The van der Waals surface area contributed by atoms with E-state index in [0.29, 0.717) is 37.6 Å². The van der Waals surface area contributed by atoms with Crippen molar-refractivity contribution in [1.29, 1.82) is 0 Å². The van der Waals surface area contributed by atoms with Crippen LogP contribution < -0.4 is 0 Å². The molecule has 3 heterocycles. The maximum atomic E-state index is 13.2. The molecule has 1 aromatic heterocycles. The van der Waals surface area contributed by atoms with Crippen LogP contribution >= 0.6 is 0 Å². The average molecular weight is 394 g/mol. The zero-order valence-corrected chi connectivity index (χ0v) is 15.5. The number of carbonyl (C=O) groups excluding carboxylic acids is 2. The second-order valence-electron chi connectivity index (χ2n) is 6.68. The highest BCUT2D eigenvalue weighted by Crippen LogP contribution is 2.33. The van der Waals surface area contributed by atoms with Crippen LogP contribution in [-0.2, 0) is 20.9 Å². The molecule has 9 nitrogen and oxygen atoms in total. The lowest BCUT2D eigenvalue weighted by Gasteiger charge is -2.29. The summed E-state index contributed by atoms with van der Waals surface area (Å²) in [6, 6.07) is 9.19. The van der Waals surface area contributed by atoms with Gasteiger partial charge in [0.05, 0.1) is 30.3 Å². The van der Waals surface area contributed by atoms with Crippen LogP contribution in [0.4, 0.5) is 5.69 Å². The molecule has 1 saturated heterocycles. The van der Waals surface area contributed by atoms with E-state index in [1.165, 1.54) is 29.2 Å². The van der Waals surface area contributed by atoms with Gasteiger partial charge >= 0.3 is 0 Å². The van der Waals surface area contributed by atoms with Gasteiger partial charge in [-0.05, 0) is 35.4 Å². The molecule has 2 aliphatic heterocycles. The minimum atomic E-state index is -0.502. The van der Waals surface area contributed by atoms with Gasteiger partial charge in [0.25, 0.3) is 17.5 Å². The minimum absolute atomic E-state index is 0.0762. The maximum Gasteiger partial charge on any atom is 0.278 e. The summed E-state index contributed by atoms with van der Waals surface area (Å²) in [5.74, 6) is -0.788. The molecule has 0 N–H and O–H groups in total. The lowest BCUT2D eigenvalue weighted by Crippen LogP contribution is -2.40. The zero-order valence-electron chi connectivity index (χ0n) is 15.5. The van der Waals surface area contributed by atoms with Crippen molar-refractivity contribution >= 4 is 23.1 Å². The number of amides is 2. The van der Waals surface area contributed by atoms with Crippen LogP contribution in [0.1, 0.15) is 11.1 Å². The Hall–Kier alpha value is -3.59. The van der Waals surface area contributed by atoms with Crippen molar-refractivity contribution in [3.05, 3.63) is 75.7 Å². The number of ether oxygens (including phenoxy) is 1. The van der Waals surface area contributed by atoms with Gasteiger partial charge in [-0.15, -0.1) is 0 Å². The first-order valence-corrected chi connectivity index (χ1v) is 9.13. The molecule has 148 valence electrons. The van der Waals surface area contributed by atoms with Gasteiger partial charge in [-0.3, -0.25) is 29.6 Å². The number of carbonyl (C=O) groups is 2. The number of hydrogen-bond acceptors (Lipinski definition) is 7. The number of aromatic nitrogens is 1. The third-order valence-corrected chi connectivity index (χ3v) is 4.93. The number of non-ortho nitro benzene ring substituents is 1. The highest BCUT2D eigenvalue weighted by molar-refractivity contribution is 6.35. The van der Waals surface area contributed by atoms with E-state index in [1.807, 2.05) is 4.90 Å². The van der Waals surface area contributed by atoms with Gasteiger partial charge in [-0.1, -0.05) is 0 Å². The van der Waals surface area contributed by atoms with E-state index in [-0.39, 0.29) is 23.7 Å². The third kappa shape index (κ3) is 3.59. The van der Waals surface area contributed by atoms with Crippen molar-refractivity contribution in [2.75, 3.05) is 26.3 Å². The predicted octanol–water partition coefficient (Wildman–Crippen LogP) is 1.60. The van der Waals surface area contributed by atoms with Crippen molar-refractivity contribution in [1.82, 2.24) is 14.8 Å². The summed E-state index contributed by atoms with van der Waals surface area (Å²) in [6.07, 6.45) is 3.21. The van der Waals surface area contributed by atoms with Crippen LogP contribution in [0.5, 0.6) is 0 Å². The minimum Gasteiger partial charge on any atom is -0.378 e. The normalized spacial score (nSPS) is 17.2. The molecule has 0 atom stereocenters. The molecule has 1 fully saturated rings. The van der Waals surface area contributed by atoms with Crippen molar-refractivity contribution < 1.29 is 19.2 Å². The molecule has 4 rings (SSSR count). The Kier molecular flexibility index (Phi) is 5.05. The fourth-order valence-electron chi connectivity index (χ4n) is 3.47. The molecule has 2 aliphatic rings. The Morgan fingerprint density at radius 3 is 2.28 bits per heavy atom. The van der Waals surface area contributed by atoms with Gasteiger partial charge in [0.1, 0.15) is 5.70 Å². The summed E-state index contributed by atoms with van der Waals surface area (Å²) in [4.78, 5) is 43.9. The van der Waals surface area contributed by atoms with Crippen LogP contribution in [0.15, 0.2) is 54.5 Å². The molecule has 2 aromatic rings. The van der Waals surface area contributed by atoms with Crippen LogP contribution in [0.3, 0.4) is 0 Å². The monoisotopic (exact) mass is 394 g/mol.